The van der Waals surface area contributed by atoms with E-state index in [4.69, 9.17) is 25.4 Å². The summed E-state index contributed by atoms with van der Waals surface area (Å²) in [5.41, 5.74) is 8.05. The number of anilines is 2. The van der Waals surface area contributed by atoms with Gasteiger partial charge in [0.2, 0.25) is 5.95 Å². The van der Waals surface area contributed by atoms with Gasteiger partial charge in [0.05, 0.1) is 12.5 Å². The smallest absolute Gasteiger partial charge is 0.227 e. The summed E-state index contributed by atoms with van der Waals surface area (Å²) in [6.45, 7) is 6.27. The summed E-state index contributed by atoms with van der Waals surface area (Å²) in [6, 6.07) is 1.21. The molecule has 2 aliphatic carbocycles. The number of aromatic nitrogens is 4. The molecule has 9 heteroatoms. The molecule has 5 rings (SSSR count). The van der Waals surface area contributed by atoms with Gasteiger partial charge < -0.3 is 25.7 Å². The van der Waals surface area contributed by atoms with Crippen molar-refractivity contribution in [3.8, 4) is 0 Å². The highest BCUT2D eigenvalue weighted by Gasteiger charge is 2.27. The van der Waals surface area contributed by atoms with Gasteiger partial charge in [-0.1, -0.05) is 26.2 Å². The lowest BCUT2D eigenvalue weighted by Crippen LogP contribution is -2.45. The molecule has 1 aliphatic heterocycles. The highest BCUT2D eigenvalue weighted by molar-refractivity contribution is 5.84. The van der Waals surface area contributed by atoms with Gasteiger partial charge in [0.25, 0.3) is 0 Å². The van der Waals surface area contributed by atoms with Gasteiger partial charge in [-0.15, -0.1) is 0 Å². The molecule has 4 N–H and O–H groups in total. The lowest BCUT2D eigenvalue weighted by atomic mass is 9.92. The van der Waals surface area contributed by atoms with Crippen LogP contribution in [0.1, 0.15) is 116 Å². The van der Waals surface area contributed by atoms with Gasteiger partial charge in [-0.3, -0.25) is 4.90 Å². The molecule has 0 radical (unpaired) electrons. The zero-order chi connectivity index (χ0) is 26.9. The number of unbranched alkanes of at least 4 members (excludes halogenated alkanes) is 3. The first kappa shape index (κ1) is 28.6. The van der Waals surface area contributed by atoms with E-state index in [1.807, 2.05) is 6.33 Å². The molecule has 39 heavy (non-hydrogen) atoms. The van der Waals surface area contributed by atoms with Gasteiger partial charge in [-0.2, -0.15) is 9.97 Å². The van der Waals surface area contributed by atoms with E-state index in [2.05, 4.69) is 27.0 Å². The fraction of sp³-hybridized carbons (Fsp3) is 0.833. The Bertz CT molecular complexity index is 998. The summed E-state index contributed by atoms with van der Waals surface area (Å²) in [7, 11) is 0. The second-order valence-corrected chi connectivity index (χ2v) is 12.1. The number of imidazole rings is 1. The molecule has 0 bridgehead atoms. The van der Waals surface area contributed by atoms with Crippen LogP contribution in [0.5, 0.6) is 0 Å². The molecule has 3 heterocycles. The van der Waals surface area contributed by atoms with E-state index in [1.165, 1.54) is 64.2 Å². The second kappa shape index (κ2) is 14.6. The molecule has 0 spiro atoms. The highest BCUT2D eigenvalue weighted by Crippen LogP contribution is 2.34. The minimum atomic E-state index is 0.287. The molecule has 2 saturated carbocycles. The first-order valence-electron chi connectivity index (χ1n) is 16.1. The minimum Gasteiger partial charge on any atom is -0.381 e. The quantitative estimate of drug-likeness (QED) is 0.257. The van der Waals surface area contributed by atoms with E-state index in [1.54, 1.807) is 0 Å². The van der Waals surface area contributed by atoms with Gasteiger partial charge in [-0.25, -0.2) is 4.98 Å². The number of likely N-dealkylation sites (tertiary alicyclic amines) is 1. The van der Waals surface area contributed by atoms with Crippen LogP contribution in [-0.4, -0.2) is 69.0 Å². The van der Waals surface area contributed by atoms with Gasteiger partial charge in [0.15, 0.2) is 17.0 Å². The van der Waals surface area contributed by atoms with Crippen molar-refractivity contribution >= 4 is 22.9 Å². The van der Waals surface area contributed by atoms with Crippen molar-refractivity contribution < 1.29 is 4.74 Å². The monoisotopic (exact) mass is 540 g/mol. The van der Waals surface area contributed by atoms with Crippen LogP contribution in [0, 0.1) is 0 Å². The Kier molecular flexibility index (Phi) is 10.7. The van der Waals surface area contributed by atoms with Crippen molar-refractivity contribution in [3.05, 3.63) is 6.33 Å². The van der Waals surface area contributed by atoms with Crippen molar-refractivity contribution in [1.29, 1.82) is 0 Å². The van der Waals surface area contributed by atoms with Gasteiger partial charge in [-0.05, 0) is 83.5 Å². The third-order valence-corrected chi connectivity index (χ3v) is 9.04. The number of piperidine rings is 1. The molecule has 9 nitrogen and oxygen atoms in total. The Labute approximate surface area is 235 Å². The van der Waals surface area contributed by atoms with E-state index >= 15 is 0 Å². The number of hydrogen-bond donors (Lipinski definition) is 3. The van der Waals surface area contributed by atoms with Crippen molar-refractivity contribution in [3.63, 3.8) is 0 Å². The Hall–Kier alpha value is -1.97. The maximum atomic E-state index is 6.17. The van der Waals surface area contributed by atoms with Crippen molar-refractivity contribution in [2.24, 2.45) is 5.73 Å². The van der Waals surface area contributed by atoms with Crippen LogP contribution in [0.3, 0.4) is 0 Å². The summed E-state index contributed by atoms with van der Waals surface area (Å²) in [5.74, 6) is 1.61. The average Bonchev–Trinajstić information content (AvgIpc) is 3.63. The number of ether oxygens (including phenoxy) is 1. The number of rotatable bonds is 14. The Morgan fingerprint density at radius 3 is 2.51 bits per heavy atom. The predicted octanol–water partition coefficient (Wildman–Crippen LogP) is 5.83. The van der Waals surface area contributed by atoms with E-state index in [0.29, 0.717) is 18.1 Å². The standard InChI is InChI=1S/C30H52N8O/c1-2-3-20-39-21-10-4-8-18-37-19-9-7-13-26(37)34-28-27-29(38(22-32-27)25-11-5-6-12-25)36-30(35-28)33-24-16-14-23(31)15-17-24/h22-26H,2-21,31H2,1H3,(H2,33,34,35,36). The lowest BCUT2D eigenvalue weighted by Gasteiger charge is -2.36. The molecule has 218 valence electrons. The summed E-state index contributed by atoms with van der Waals surface area (Å²) in [5, 5.41) is 7.52. The number of nitrogens with one attached hydrogen (secondary N) is 2. The first-order chi connectivity index (χ1) is 19.2. The number of hydrogen-bond acceptors (Lipinski definition) is 8. The maximum Gasteiger partial charge on any atom is 0.227 e. The molecule has 3 fully saturated rings. The summed E-state index contributed by atoms with van der Waals surface area (Å²) in [4.78, 5) is 17.6. The molecule has 0 aromatic carbocycles. The largest absolute Gasteiger partial charge is 0.381 e. The van der Waals surface area contributed by atoms with Crippen LogP contribution in [0.4, 0.5) is 11.8 Å². The average molecular weight is 541 g/mol. The van der Waals surface area contributed by atoms with Crippen LogP contribution in [-0.2, 0) is 4.74 Å². The lowest BCUT2D eigenvalue weighted by molar-refractivity contribution is 0.123. The van der Waals surface area contributed by atoms with Gasteiger partial charge in [0.1, 0.15) is 0 Å². The molecular weight excluding hydrogens is 488 g/mol. The summed E-state index contributed by atoms with van der Waals surface area (Å²) in [6.07, 6.45) is 21.2. The molecule has 1 unspecified atom stereocenters. The molecule has 2 aromatic rings. The minimum absolute atomic E-state index is 0.287. The predicted molar refractivity (Wildman–Crippen MR) is 159 cm³/mol. The SMILES string of the molecule is CCCCOCCCCCN1CCCCC1Nc1nc(NC2CCC(N)CC2)nc2c1ncn2C1CCCC1. The summed E-state index contributed by atoms with van der Waals surface area (Å²) >= 11 is 0. The Morgan fingerprint density at radius 1 is 0.897 bits per heavy atom. The Balaban J connectivity index is 1.27. The van der Waals surface area contributed by atoms with Crippen LogP contribution < -0.4 is 16.4 Å². The Morgan fingerprint density at radius 2 is 1.69 bits per heavy atom. The van der Waals surface area contributed by atoms with Gasteiger partial charge >= 0.3 is 0 Å². The number of nitrogens with zero attached hydrogens (tertiary/aromatic N) is 5. The van der Waals surface area contributed by atoms with E-state index in [0.717, 1.165) is 87.8 Å². The molecule has 1 saturated heterocycles. The van der Waals surface area contributed by atoms with Crippen LogP contribution in [0.15, 0.2) is 6.33 Å². The van der Waals surface area contributed by atoms with Crippen LogP contribution >= 0.6 is 0 Å². The van der Waals surface area contributed by atoms with Gasteiger partial charge in [0, 0.05) is 44.4 Å². The normalized spacial score (nSPS) is 24.9. The van der Waals surface area contributed by atoms with Crippen LogP contribution in [0.2, 0.25) is 0 Å². The van der Waals surface area contributed by atoms with Crippen molar-refractivity contribution in [2.45, 2.75) is 134 Å². The highest BCUT2D eigenvalue weighted by atomic mass is 16.5. The third-order valence-electron chi connectivity index (χ3n) is 9.04. The zero-order valence-electron chi connectivity index (χ0n) is 24.3. The molecule has 3 aliphatic rings. The van der Waals surface area contributed by atoms with E-state index in [-0.39, 0.29) is 6.17 Å². The number of nitrogens with two attached hydrogens (primary N) is 1. The first-order valence-corrected chi connectivity index (χ1v) is 16.1. The molecule has 0 amide bonds. The summed E-state index contributed by atoms with van der Waals surface area (Å²) < 4.78 is 8.07. The fourth-order valence-corrected chi connectivity index (χ4v) is 6.60. The van der Waals surface area contributed by atoms with E-state index in [9.17, 15) is 0 Å². The van der Waals surface area contributed by atoms with E-state index < -0.39 is 0 Å². The maximum absolute atomic E-state index is 6.17. The fourth-order valence-electron chi connectivity index (χ4n) is 6.60. The number of fused-ring (bicyclic) bond motifs is 1. The third kappa shape index (κ3) is 7.82. The molecular formula is C30H52N8O. The molecule has 1 atom stereocenters. The van der Waals surface area contributed by atoms with Crippen LogP contribution in [0.25, 0.3) is 11.2 Å². The zero-order valence-corrected chi connectivity index (χ0v) is 24.3. The van der Waals surface area contributed by atoms with Crippen molar-refractivity contribution in [1.82, 2.24) is 24.4 Å². The van der Waals surface area contributed by atoms with Crippen molar-refractivity contribution in [2.75, 3.05) is 36.9 Å². The topological polar surface area (TPSA) is 106 Å². The molecule has 2 aromatic heterocycles. The second-order valence-electron chi connectivity index (χ2n) is 12.1.